The third-order valence-corrected chi connectivity index (χ3v) is 3.33. The molecule has 2 aromatic carbocycles. The third kappa shape index (κ3) is 5.07. The lowest BCUT2D eigenvalue weighted by Gasteiger charge is -2.19. The van der Waals surface area contributed by atoms with Gasteiger partial charge in [0.25, 0.3) is 0 Å². The van der Waals surface area contributed by atoms with Crippen molar-refractivity contribution >= 4 is 12.4 Å². The molecule has 0 spiro atoms. The van der Waals surface area contributed by atoms with Gasteiger partial charge in [0.05, 0.1) is 25.8 Å². The number of alkyl halides is 3. The molecule has 5 nitrogen and oxygen atoms in total. The highest BCUT2D eigenvalue weighted by molar-refractivity contribution is 5.85. The van der Waals surface area contributed by atoms with Crippen LogP contribution in [0.2, 0.25) is 0 Å². The van der Waals surface area contributed by atoms with Crippen LogP contribution in [0.4, 0.5) is 13.2 Å². The second kappa shape index (κ2) is 8.17. The van der Waals surface area contributed by atoms with E-state index in [4.69, 9.17) is 15.2 Å². The van der Waals surface area contributed by atoms with Crippen molar-refractivity contribution in [2.45, 2.75) is 12.4 Å². The van der Waals surface area contributed by atoms with Gasteiger partial charge in [0.2, 0.25) is 0 Å². The normalized spacial score (nSPS) is 12.1. The van der Waals surface area contributed by atoms with E-state index in [1.165, 1.54) is 32.4 Å². The third-order valence-electron chi connectivity index (χ3n) is 3.33. The lowest BCUT2D eigenvalue weighted by molar-refractivity contribution is -0.274. The quantitative estimate of drug-likeness (QED) is 0.827. The minimum atomic E-state index is -4.76. The van der Waals surface area contributed by atoms with Gasteiger partial charge in [-0.1, -0.05) is 12.1 Å². The summed E-state index contributed by atoms with van der Waals surface area (Å²) in [5.74, 6) is 0.183. The van der Waals surface area contributed by atoms with E-state index in [0.29, 0.717) is 22.6 Å². The van der Waals surface area contributed by atoms with Gasteiger partial charge < -0.3 is 25.1 Å². The second-order valence-electron chi connectivity index (χ2n) is 4.86. The number of halogens is 4. The molecule has 0 fully saturated rings. The molecule has 0 bridgehead atoms. The summed E-state index contributed by atoms with van der Waals surface area (Å²) in [6, 6.07) is 7.18. The Labute approximate surface area is 148 Å². The molecule has 25 heavy (non-hydrogen) atoms. The first-order valence-corrected chi connectivity index (χ1v) is 6.81. The van der Waals surface area contributed by atoms with Crippen molar-refractivity contribution < 1.29 is 32.5 Å². The Morgan fingerprint density at radius 3 is 2.08 bits per heavy atom. The molecule has 0 amide bonds. The van der Waals surface area contributed by atoms with E-state index in [9.17, 15) is 18.3 Å². The molecule has 0 saturated heterocycles. The van der Waals surface area contributed by atoms with Crippen LogP contribution in [0.15, 0.2) is 36.4 Å². The molecular weight excluding hydrogens is 363 g/mol. The number of ether oxygens (including phenoxy) is 3. The average molecular weight is 380 g/mol. The van der Waals surface area contributed by atoms with E-state index in [-0.39, 0.29) is 23.9 Å². The number of aromatic hydroxyl groups is 1. The van der Waals surface area contributed by atoms with Crippen LogP contribution in [0, 0.1) is 0 Å². The van der Waals surface area contributed by atoms with Crippen LogP contribution in [0.25, 0.3) is 0 Å². The standard InChI is InChI=1S/C16H16F3NO4.ClH/c1-22-11-7-12(21)14(13(8-11)23-2)15(20)9-3-5-10(6-4-9)24-16(17,18)19;/h3-8,15,21H,20H2,1-2H3;1H/t15-;/m1./s1. The molecule has 9 heteroatoms. The summed E-state index contributed by atoms with van der Waals surface area (Å²) in [4.78, 5) is 0. The maximum absolute atomic E-state index is 12.2. The van der Waals surface area contributed by atoms with Crippen LogP contribution in [-0.4, -0.2) is 25.7 Å². The van der Waals surface area contributed by atoms with Crippen LogP contribution < -0.4 is 19.9 Å². The van der Waals surface area contributed by atoms with Gasteiger partial charge in [0, 0.05) is 12.1 Å². The minimum Gasteiger partial charge on any atom is -0.507 e. The van der Waals surface area contributed by atoms with Gasteiger partial charge in [-0.25, -0.2) is 0 Å². The number of hydrogen-bond donors (Lipinski definition) is 2. The Hall–Kier alpha value is -2.32. The molecule has 0 aliphatic heterocycles. The number of hydrogen-bond acceptors (Lipinski definition) is 5. The van der Waals surface area contributed by atoms with Gasteiger partial charge in [-0.05, 0) is 17.7 Å². The zero-order valence-electron chi connectivity index (χ0n) is 13.3. The predicted molar refractivity (Wildman–Crippen MR) is 87.6 cm³/mol. The van der Waals surface area contributed by atoms with Crippen molar-refractivity contribution in [1.82, 2.24) is 0 Å². The van der Waals surface area contributed by atoms with Crippen LogP contribution in [0.1, 0.15) is 17.2 Å². The predicted octanol–water partition coefficient (Wildman–Crippen LogP) is 3.78. The summed E-state index contributed by atoms with van der Waals surface area (Å²) in [5.41, 5.74) is 6.89. The Morgan fingerprint density at radius 2 is 1.60 bits per heavy atom. The number of benzene rings is 2. The Balaban J connectivity index is 0.00000312. The fraction of sp³-hybridized carbons (Fsp3) is 0.250. The van der Waals surface area contributed by atoms with Crippen LogP contribution in [-0.2, 0) is 0 Å². The highest BCUT2D eigenvalue weighted by Crippen LogP contribution is 2.39. The first kappa shape index (κ1) is 20.7. The summed E-state index contributed by atoms with van der Waals surface area (Å²) in [6.45, 7) is 0. The molecule has 0 aliphatic rings. The number of nitrogens with two attached hydrogens (primary N) is 1. The Kier molecular flexibility index (Phi) is 6.78. The molecule has 3 N–H and O–H groups in total. The smallest absolute Gasteiger partial charge is 0.507 e. The lowest BCUT2D eigenvalue weighted by Crippen LogP contribution is -2.17. The topological polar surface area (TPSA) is 73.9 Å². The van der Waals surface area contributed by atoms with Crippen molar-refractivity contribution in [2.75, 3.05) is 14.2 Å². The second-order valence-corrected chi connectivity index (χ2v) is 4.86. The molecule has 0 radical (unpaired) electrons. The monoisotopic (exact) mass is 379 g/mol. The van der Waals surface area contributed by atoms with Gasteiger partial charge in [-0.2, -0.15) is 0 Å². The zero-order valence-corrected chi connectivity index (χ0v) is 14.1. The molecule has 138 valence electrons. The maximum Gasteiger partial charge on any atom is 0.573 e. The summed E-state index contributed by atoms with van der Waals surface area (Å²) in [6.07, 6.45) is -4.76. The summed E-state index contributed by atoms with van der Waals surface area (Å²) >= 11 is 0. The van der Waals surface area contributed by atoms with Gasteiger partial charge in [0.1, 0.15) is 23.0 Å². The average Bonchev–Trinajstić information content (AvgIpc) is 2.52. The van der Waals surface area contributed by atoms with Gasteiger partial charge in [-0.3, -0.25) is 0 Å². The molecule has 1 atom stereocenters. The van der Waals surface area contributed by atoms with Gasteiger partial charge >= 0.3 is 6.36 Å². The Bertz CT molecular complexity index is 708. The highest BCUT2D eigenvalue weighted by atomic mass is 35.5. The van der Waals surface area contributed by atoms with Gasteiger partial charge in [-0.15, -0.1) is 25.6 Å². The first-order chi connectivity index (χ1) is 11.2. The van der Waals surface area contributed by atoms with Crippen molar-refractivity contribution in [1.29, 1.82) is 0 Å². The molecular formula is C16H17ClF3NO4. The van der Waals surface area contributed by atoms with E-state index in [0.717, 1.165) is 12.1 Å². The molecule has 0 aliphatic carbocycles. The fourth-order valence-electron chi connectivity index (χ4n) is 2.23. The summed E-state index contributed by atoms with van der Waals surface area (Å²) in [7, 11) is 2.85. The van der Waals surface area contributed by atoms with Crippen LogP contribution in [0.3, 0.4) is 0 Å². The largest absolute Gasteiger partial charge is 0.573 e. The van der Waals surface area contributed by atoms with E-state index in [1.54, 1.807) is 6.07 Å². The molecule has 2 aromatic rings. The summed E-state index contributed by atoms with van der Waals surface area (Å²) in [5, 5.41) is 10.2. The zero-order chi connectivity index (χ0) is 17.9. The summed E-state index contributed by atoms with van der Waals surface area (Å²) < 4.78 is 50.6. The van der Waals surface area contributed by atoms with E-state index >= 15 is 0 Å². The number of phenols is 1. The number of methoxy groups -OCH3 is 2. The maximum atomic E-state index is 12.2. The molecule has 0 heterocycles. The molecule has 2 rings (SSSR count). The molecule has 0 saturated carbocycles. The van der Waals surface area contributed by atoms with Gasteiger partial charge in [0.15, 0.2) is 0 Å². The first-order valence-electron chi connectivity index (χ1n) is 6.81. The minimum absolute atomic E-state index is 0. The lowest BCUT2D eigenvalue weighted by atomic mass is 9.97. The van der Waals surface area contributed by atoms with E-state index in [2.05, 4.69) is 4.74 Å². The SMILES string of the molecule is COc1cc(O)c([C@H](N)c2ccc(OC(F)(F)F)cc2)c(OC)c1.Cl. The van der Waals surface area contributed by atoms with Crippen molar-refractivity contribution in [3.8, 4) is 23.0 Å². The van der Waals surface area contributed by atoms with Crippen molar-refractivity contribution in [3.05, 3.63) is 47.5 Å². The van der Waals surface area contributed by atoms with Crippen molar-refractivity contribution in [2.24, 2.45) is 5.73 Å². The number of phenolic OH excluding ortho intramolecular Hbond substituents is 1. The van der Waals surface area contributed by atoms with Crippen molar-refractivity contribution in [3.63, 3.8) is 0 Å². The van der Waals surface area contributed by atoms with E-state index < -0.39 is 12.4 Å². The fourth-order valence-corrected chi connectivity index (χ4v) is 2.23. The van der Waals surface area contributed by atoms with Crippen LogP contribution >= 0.6 is 12.4 Å². The molecule has 0 unspecified atom stereocenters. The highest BCUT2D eigenvalue weighted by Gasteiger charge is 2.31. The Morgan fingerprint density at radius 1 is 1.00 bits per heavy atom. The molecule has 0 aromatic heterocycles. The van der Waals surface area contributed by atoms with E-state index in [1.807, 2.05) is 0 Å². The van der Waals surface area contributed by atoms with Crippen LogP contribution in [0.5, 0.6) is 23.0 Å². The number of rotatable bonds is 5.